The third-order valence-corrected chi connectivity index (χ3v) is 7.35. The number of halogens is 2. The van der Waals surface area contributed by atoms with Gasteiger partial charge in [-0.05, 0) is 49.3 Å². The number of aromatic nitrogens is 2. The number of H-pyrrole nitrogens is 1. The first-order valence-electron chi connectivity index (χ1n) is 12.9. The van der Waals surface area contributed by atoms with Crippen LogP contribution in [0.1, 0.15) is 75.9 Å². The second-order valence-corrected chi connectivity index (χ2v) is 11.3. The maximum absolute atomic E-state index is 13.9. The predicted octanol–water partition coefficient (Wildman–Crippen LogP) is 3.51. The Morgan fingerprint density at radius 3 is 2.35 bits per heavy atom. The van der Waals surface area contributed by atoms with E-state index in [1.807, 2.05) is 24.3 Å². The number of aromatic amines is 1. The van der Waals surface area contributed by atoms with Crippen LogP contribution in [0, 0.1) is 6.92 Å². The lowest BCUT2D eigenvalue weighted by Gasteiger charge is -2.35. The van der Waals surface area contributed by atoms with Crippen molar-refractivity contribution >= 4 is 17.5 Å². The number of hydrogen-bond donors (Lipinski definition) is 4. The van der Waals surface area contributed by atoms with E-state index >= 15 is 0 Å². The Balaban J connectivity index is 1.72. The number of carbonyl (C=O) groups excluding carboxylic acids is 2. The van der Waals surface area contributed by atoms with Gasteiger partial charge in [0.2, 0.25) is 17.7 Å². The van der Waals surface area contributed by atoms with Gasteiger partial charge in [0.25, 0.3) is 0 Å². The van der Waals surface area contributed by atoms with Crippen molar-refractivity contribution < 1.29 is 23.5 Å². The summed E-state index contributed by atoms with van der Waals surface area (Å²) in [5.41, 5.74) is 2.48. The van der Waals surface area contributed by atoms with E-state index in [4.69, 9.17) is 0 Å². The summed E-state index contributed by atoms with van der Waals surface area (Å²) in [4.78, 5) is 36.6. The van der Waals surface area contributed by atoms with Gasteiger partial charge in [0, 0.05) is 36.8 Å². The molecular formula is C27H37F2N5O3. The number of hydrogen-bond acceptors (Lipinski definition) is 5. The van der Waals surface area contributed by atoms with Gasteiger partial charge in [-0.2, -0.15) is 0 Å². The summed E-state index contributed by atoms with van der Waals surface area (Å²) in [7, 11) is 0. The Labute approximate surface area is 216 Å². The van der Waals surface area contributed by atoms with Gasteiger partial charge in [0.05, 0.1) is 24.2 Å². The number of benzene rings is 1. The topological polar surface area (TPSA) is 110 Å². The quantitative estimate of drug-likeness (QED) is 0.469. The molecule has 202 valence electrons. The van der Waals surface area contributed by atoms with E-state index in [2.05, 4.69) is 41.4 Å². The Morgan fingerprint density at radius 1 is 1.19 bits per heavy atom. The van der Waals surface area contributed by atoms with Gasteiger partial charge in [-0.25, -0.2) is 13.8 Å². The van der Waals surface area contributed by atoms with Crippen LogP contribution in [0.25, 0.3) is 0 Å². The van der Waals surface area contributed by atoms with Crippen LogP contribution in [0.15, 0.2) is 30.6 Å². The number of imidazole rings is 1. The number of β-amino-alcohol motifs (C(OH)–C–C–N with tert-alkyl or cyclic N) is 1. The lowest BCUT2D eigenvalue weighted by atomic mass is 9.87. The monoisotopic (exact) mass is 517 g/mol. The largest absolute Gasteiger partial charge is 0.392 e. The molecule has 2 heterocycles. The van der Waals surface area contributed by atoms with E-state index < -0.39 is 36.1 Å². The fourth-order valence-electron chi connectivity index (χ4n) is 5.07. The maximum Gasteiger partial charge on any atom is 0.249 e. The molecule has 8 nitrogen and oxygen atoms in total. The molecule has 1 aliphatic carbocycles. The van der Waals surface area contributed by atoms with Crippen LogP contribution < -0.4 is 15.5 Å². The molecule has 1 aromatic carbocycles. The number of amides is 2. The molecule has 0 spiro atoms. The van der Waals surface area contributed by atoms with Gasteiger partial charge >= 0.3 is 0 Å². The van der Waals surface area contributed by atoms with Gasteiger partial charge < -0.3 is 20.7 Å². The molecule has 37 heavy (non-hydrogen) atoms. The normalized spacial score (nSPS) is 23.0. The third kappa shape index (κ3) is 6.18. The average molecular weight is 518 g/mol. The van der Waals surface area contributed by atoms with E-state index in [0.29, 0.717) is 17.1 Å². The number of aliphatic hydroxyl groups is 1. The molecule has 2 aromatic rings. The van der Waals surface area contributed by atoms with Gasteiger partial charge in [-0.3, -0.25) is 14.5 Å². The fraction of sp³-hybridized carbons (Fsp3) is 0.593. The number of nitrogens with zero attached hydrogens (tertiary/aromatic N) is 2. The number of anilines is 1. The van der Waals surface area contributed by atoms with Crippen molar-refractivity contribution in [3.63, 3.8) is 0 Å². The Morgan fingerprint density at radius 2 is 1.84 bits per heavy atom. The molecule has 1 unspecified atom stereocenters. The highest BCUT2D eigenvalue weighted by Gasteiger charge is 2.42. The first-order valence-corrected chi connectivity index (χ1v) is 12.9. The lowest BCUT2D eigenvalue weighted by Crippen LogP contribution is -2.52. The summed E-state index contributed by atoms with van der Waals surface area (Å²) in [6, 6.07) is 5.27. The number of aliphatic hydroxyl groups excluding tert-OH is 1. The van der Waals surface area contributed by atoms with Crippen LogP contribution in [0.4, 0.5) is 14.5 Å². The van der Waals surface area contributed by atoms with Gasteiger partial charge in [-0.15, -0.1) is 0 Å². The molecule has 1 saturated heterocycles. The average Bonchev–Trinajstić information content (AvgIpc) is 3.46. The molecule has 3 atom stereocenters. The van der Waals surface area contributed by atoms with Crippen LogP contribution in [0.3, 0.4) is 0 Å². The molecule has 2 amide bonds. The second-order valence-electron chi connectivity index (χ2n) is 11.3. The molecule has 2 aliphatic rings. The fourth-order valence-corrected chi connectivity index (χ4v) is 5.07. The molecule has 10 heteroatoms. The summed E-state index contributed by atoms with van der Waals surface area (Å²) in [5.74, 6) is -3.56. The zero-order valence-corrected chi connectivity index (χ0v) is 21.9. The lowest BCUT2D eigenvalue weighted by molar-refractivity contribution is -0.128. The Bertz CT molecular complexity index is 1100. The van der Waals surface area contributed by atoms with E-state index in [0.717, 1.165) is 5.56 Å². The smallest absolute Gasteiger partial charge is 0.249 e. The van der Waals surface area contributed by atoms with E-state index in [9.17, 15) is 23.5 Å². The second kappa shape index (κ2) is 10.5. The third-order valence-electron chi connectivity index (χ3n) is 7.35. The van der Waals surface area contributed by atoms with E-state index in [1.54, 1.807) is 6.92 Å². The molecule has 0 bridgehead atoms. The van der Waals surface area contributed by atoms with Crippen molar-refractivity contribution in [3.8, 4) is 0 Å². The minimum absolute atomic E-state index is 0.108. The standard InChI is InChI=1S/C27H37F2N5O3/c1-16-22(32-15-31-16)23(24(36)33-18-9-11-27(28,29)12-10-18)34(25(37)21-13-20(35)14-30-21)19-7-5-17(6-8-19)26(2,3)4/h5-8,15,18,20-21,23,30,35H,9-14H2,1-4H3,(H,31,32)(H,33,36)/t20-,21-,23?/m1/s1. The van der Waals surface area contributed by atoms with Crippen molar-refractivity contribution in [1.29, 1.82) is 0 Å². The summed E-state index contributed by atoms with van der Waals surface area (Å²) in [6.07, 6.45) is 0.777. The number of aryl methyl sites for hydroxylation is 1. The summed E-state index contributed by atoms with van der Waals surface area (Å²) in [6.45, 7) is 8.32. The summed E-state index contributed by atoms with van der Waals surface area (Å²) in [5, 5.41) is 16.0. The molecule has 1 aliphatic heterocycles. The molecule has 0 radical (unpaired) electrons. The summed E-state index contributed by atoms with van der Waals surface area (Å²) < 4.78 is 27.4. The highest BCUT2D eigenvalue weighted by atomic mass is 19.3. The van der Waals surface area contributed by atoms with Crippen LogP contribution in [0.5, 0.6) is 0 Å². The van der Waals surface area contributed by atoms with Crippen molar-refractivity contribution in [2.45, 2.75) is 95.4 Å². The van der Waals surface area contributed by atoms with Crippen molar-refractivity contribution in [2.75, 3.05) is 11.4 Å². The molecule has 1 saturated carbocycles. The first-order chi connectivity index (χ1) is 17.4. The van der Waals surface area contributed by atoms with Crippen LogP contribution >= 0.6 is 0 Å². The van der Waals surface area contributed by atoms with Crippen molar-refractivity contribution in [2.24, 2.45) is 0 Å². The Hall–Kier alpha value is -2.85. The minimum atomic E-state index is -2.72. The first kappa shape index (κ1) is 27.2. The van der Waals surface area contributed by atoms with Crippen LogP contribution in [0.2, 0.25) is 0 Å². The van der Waals surface area contributed by atoms with E-state index in [-0.39, 0.29) is 50.0 Å². The number of nitrogens with one attached hydrogen (secondary N) is 3. The summed E-state index contributed by atoms with van der Waals surface area (Å²) >= 11 is 0. The van der Waals surface area contributed by atoms with Crippen LogP contribution in [-0.4, -0.2) is 57.5 Å². The van der Waals surface area contributed by atoms with Crippen molar-refractivity contribution in [1.82, 2.24) is 20.6 Å². The number of rotatable bonds is 6. The number of alkyl halides is 2. The SMILES string of the molecule is Cc1[nH]cnc1C(C(=O)NC1CCC(F)(F)CC1)N(C(=O)[C@H]1C[C@@H](O)CN1)c1ccc(C(C)(C)C)cc1. The van der Waals surface area contributed by atoms with Gasteiger partial charge in [0.15, 0.2) is 6.04 Å². The van der Waals surface area contributed by atoms with Crippen molar-refractivity contribution in [3.05, 3.63) is 47.5 Å². The van der Waals surface area contributed by atoms with E-state index in [1.165, 1.54) is 11.2 Å². The Kier molecular flexibility index (Phi) is 7.71. The highest BCUT2D eigenvalue weighted by molar-refractivity contribution is 6.03. The molecule has 4 N–H and O–H groups in total. The minimum Gasteiger partial charge on any atom is -0.392 e. The number of carbonyl (C=O) groups is 2. The molecule has 4 rings (SSSR count). The maximum atomic E-state index is 13.9. The zero-order chi connectivity index (χ0) is 27.0. The molecular weight excluding hydrogens is 480 g/mol. The zero-order valence-electron chi connectivity index (χ0n) is 21.9. The molecule has 2 fully saturated rings. The predicted molar refractivity (Wildman–Crippen MR) is 136 cm³/mol. The molecule has 1 aromatic heterocycles. The highest BCUT2D eigenvalue weighted by Crippen LogP contribution is 2.35. The van der Waals surface area contributed by atoms with Gasteiger partial charge in [0.1, 0.15) is 0 Å². The van der Waals surface area contributed by atoms with Gasteiger partial charge in [-0.1, -0.05) is 32.9 Å². The van der Waals surface area contributed by atoms with Crippen LogP contribution in [-0.2, 0) is 15.0 Å².